The lowest BCUT2D eigenvalue weighted by Gasteiger charge is -2.22. The van der Waals surface area contributed by atoms with Gasteiger partial charge in [-0.1, -0.05) is 0 Å². The lowest BCUT2D eigenvalue weighted by atomic mass is 10.1. The minimum Gasteiger partial charge on any atom is -0.381 e. The van der Waals surface area contributed by atoms with E-state index in [2.05, 4.69) is 15.0 Å². The number of nitrogens with one attached hydrogen (secondary N) is 2. The van der Waals surface area contributed by atoms with E-state index in [1.165, 1.54) is 30.5 Å². The van der Waals surface area contributed by atoms with Crippen molar-refractivity contribution in [1.82, 2.24) is 9.71 Å². The molecule has 25 heavy (non-hydrogen) atoms. The van der Waals surface area contributed by atoms with Crippen molar-refractivity contribution < 1.29 is 17.9 Å². The van der Waals surface area contributed by atoms with E-state index in [0.717, 1.165) is 0 Å². The van der Waals surface area contributed by atoms with E-state index < -0.39 is 10.0 Å². The number of hydrogen-bond acceptors (Lipinski definition) is 5. The number of anilines is 1. The number of hydrogen-bond donors (Lipinski definition) is 2. The first kappa shape index (κ1) is 17.5. The summed E-state index contributed by atoms with van der Waals surface area (Å²) in [4.78, 5) is 16.2. The first-order valence-electron chi connectivity index (χ1n) is 7.96. The van der Waals surface area contributed by atoms with Gasteiger partial charge in [-0.05, 0) is 49.2 Å². The SMILES string of the molecule is O=C(Nc1cccnc1)c1ccc(S(=O)(=O)NC2CCOCC2)cc1. The van der Waals surface area contributed by atoms with E-state index in [-0.39, 0.29) is 16.8 Å². The molecule has 0 spiro atoms. The Morgan fingerprint density at radius 2 is 1.84 bits per heavy atom. The molecule has 0 bridgehead atoms. The first-order valence-corrected chi connectivity index (χ1v) is 9.44. The third-order valence-corrected chi connectivity index (χ3v) is 5.43. The van der Waals surface area contributed by atoms with Crippen LogP contribution >= 0.6 is 0 Å². The number of benzene rings is 1. The van der Waals surface area contributed by atoms with Gasteiger partial charge in [-0.25, -0.2) is 13.1 Å². The zero-order chi connectivity index (χ0) is 17.7. The minimum atomic E-state index is -3.61. The molecule has 2 aromatic rings. The van der Waals surface area contributed by atoms with Crippen molar-refractivity contribution >= 4 is 21.6 Å². The predicted molar refractivity (Wildman–Crippen MR) is 92.8 cm³/mol. The van der Waals surface area contributed by atoms with Crippen molar-refractivity contribution in [3.05, 3.63) is 54.4 Å². The van der Waals surface area contributed by atoms with Gasteiger partial charge < -0.3 is 10.1 Å². The lowest BCUT2D eigenvalue weighted by molar-refractivity contribution is 0.0832. The number of pyridine rings is 1. The van der Waals surface area contributed by atoms with Crippen molar-refractivity contribution in [2.24, 2.45) is 0 Å². The summed E-state index contributed by atoms with van der Waals surface area (Å²) in [5, 5.41) is 2.70. The van der Waals surface area contributed by atoms with Crippen LogP contribution in [0.3, 0.4) is 0 Å². The van der Waals surface area contributed by atoms with Crippen LogP contribution in [0.1, 0.15) is 23.2 Å². The number of nitrogens with zero attached hydrogens (tertiary/aromatic N) is 1. The van der Waals surface area contributed by atoms with E-state index in [4.69, 9.17) is 4.74 Å². The molecule has 1 aromatic carbocycles. The molecule has 2 N–H and O–H groups in total. The number of sulfonamides is 1. The third-order valence-electron chi connectivity index (χ3n) is 3.89. The van der Waals surface area contributed by atoms with E-state index in [1.54, 1.807) is 18.3 Å². The largest absolute Gasteiger partial charge is 0.381 e. The fraction of sp³-hybridized carbons (Fsp3) is 0.294. The number of carbonyl (C=O) groups is 1. The molecule has 2 heterocycles. The fourth-order valence-corrected chi connectivity index (χ4v) is 3.83. The highest BCUT2D eigenvalue weighted by molar-refractivity contribution is 7.89. The van der Waals surface area contributed by atoms with Gasteiger partial charge in [0, 0.05) is 31.0 Å². The van der Waals surface area contributed by atoms with Crippen LogP contribution in [0, 0.1) is 0 Å². The van der Waals surface area contributed by atoms with Gasteiger partial charge in [-0.15, -0.1) is 0 Å². The molecular formula is C17H19N3O4S. The van der Waals surface area contributed by atoms with Crippen LogP contribution in [0.5, 0.6) is 0 Å². The summed E-state index contributed by atoms with van der Waals surface area (Å²) in [6.07, 6.45) is 4.46. The van der Waals surface area contributed by atoms with Gasteiger partial charge in [-0.3, -0.25) is 9.78 Å². The molecule has 1 aliphatic rings. The molecule has 1 aliphatic heterocycles. The Morgan fingerprint density at radius 1 is 1.12 bits per heavy atom. The van der Waals surface area contributed by atoms with Crippen molar-refractivity contribution in [2.45, 2.75) is 23.8 Å². The summed E-state index contributed by atoms with van der Waals surface area (Å²) in [6, 6.07) is 9.16. The standard InChI is InChI=1S/C17H19N3O4S/c21-17(19-15-2-1-9-18-12-15)13-3-5-16(6-4-13)25(22,23)20-14-7-10-24-11-8-14/h1-6,9,12,14,20H,7-8,10-11H2,(H,19,21). The molecule has 1 saturated heterocycles. The average molecular weight is 361 g/mol. The van der Waals surface area contributed by atoms with Crippen LogP contribution in [-0.4, -0.2) is 38.6 Å². The van der Waals surface area contributed by atoms with Gasteiger partial charge in [0.15, 0.2) is 0 Å². The van der Waals surface area contributed by atoms with E-state index in [9.17, 15) is 13.2 Å². The quantitative estimate of drug-likeness (QED) is 0.846. The molecule has 8 heteroatoms. The maximum Gasteiger partial charge on any atom is 0.255 e. The van der Waals surface area contributed by atoms with Gasteiger partial charge in [0.2, 0.25) is 10.0 Å². The lowest BCUT2D eigenvalue weighted by Crippen LogP contribution is -2.38. The third kappa shape index (κ3) is 4.62. The maximum absolute atomic E-state index is 12.4. The fourth-order valence-electron chi connectivity index (χ4n) is 2.53. The van der Waals surface area contributed by atoms with Gasteiger partial charge in [0.1, 0.15) is 0 Å². The van der Waals surface area contributed by atoms with Gasteiger partial charge in [0.25, 0.3) is 5.91 Å². The molecule has 1 fully saturated rings. The Balaban J connectivity index is 1.67. The van der Waals surface area contributed by atoms with Crippen LogP contribution < -0.4 is 10.0 Å². The summed E-state index contributed by atoms with van der Waals surface area (Å²) < 4.78 is 32.7. The number of aromatic nitrogens is 1. The topological polar surface area (TPSA) is 97.4 Å². The first-order chi connectivity index (χ1) is 12.0. The average Bonchev–Trinajstić information content (AvgIpc) is 2.63. The number of amides is 1. The Bertz CT molecular complexity index is 817. The number of ether oxygens (including phenoxy) is 1. The van der Waals surface area contributed by atoms with Crippen LogP contribution in [0.4, 0.5) is 5.69 Å². The Kier molecular flexibility index (Phi) is 5.42. The molecule has 0 unspecified atom stereocenters. The Labute approximate surface area is 146 Å². The van der Waals surface area contributed by atoms with Gasteiger partial charge in [-0.2, -0.15) is 0 Å². The summed E-state index contributed by atoms with van der Waals surface area (Å²) in [5.41, 5.74) is 0.944. The molecule has 1 aromatic heterocycles. The highest BCUT2D eigenvalue weighted by Gasteiger charge is 2.22. The minimum absolute atomic E-state index is 0.118. The summed E-state index contributed by atoms with van der Waals surface area (Å²) in [5.74, 6) is -0.325. The van der Waals surface area contributed by atoms with Gasteiger partial charge in [0.05, 0.1) is 16.8 Å². The molecule has 3 rings (SSSR count). The summed E-state index contributed by atoms with van der Waals surface area (Å²) >= 11 is 0. The molecule has 0 aliphatic carbocycles. The van der Waals surface area contributed by atoms with Crippen LogP contribution in [0.25, 0.3) is 0 Å². The van der Waals surface area contributed by atoms with E-state index >= 15 is 0 Å². The van der Waals surface area contributed by atoms with Crippen LogP contribution in [-0.2, 0) is 14.8 Å². The van der Waals surface area contributed by atoms with Crippen molar-refractivity contribution in [3.8, 4) is 0 Å². The molecule has 132 valence electrons. The zero-order valence-corrected chi connectivity index (χ0v) is 14.3. The molecule has 7 nitrogen and oxygen atoms in total. The Morgan fingerprint density at radius 3 is 2.48 bits per heavy atom. The molecule has 1 amide bonds. The smallest absolute Gasteiger partial charge is 0.255 e. The van der Waals surface area contributed by atoms with Gasteiger partial charge >= 0.3 is 0 Å². The monoisotopic (exact) mass is 361 g/mol. The second kappa shape index (κ2) is 7.73. The maximum atomic E-state index is 12.4. The van der Waals surface area contributed by atoms with Crippen molar-refractivity contribution in [3.63, 3.8) is 0 Å². The normalized spacial score (nSPS) is 15.7. The summed E-state index contributed by atoms with van der Waals surface area (Å²) in [6.45, 7) is 1.11. The van der Waals surface area contributed by atoms with E-state index in [0.29, 0.717) is 37.3 Å². The Hall–Kier alpha value is -2.29. The van der Waals surface area contributed by atoms with Crippen molar-refractivity contribution in [2.75, 3.05) is 18.5 Å². The molecular weight excluding hydrogens is 342 g/mol. The second-order valence-electron chi connectivity index (χ2n) is 5.73. The predicted octanol–water partition coefficient (Wildman–Crippen LogP) is 1.79. The highest BCUT2D eigenvalue weighted by atomic mass is 32.2. The van der Waals surface area contributed by atoms with Crippen LogP contribution in [0.15, 0.2) is 53.7 Å². The van der Waals surface area contributed by atoms with Crippen LogP contribution in [0.2, 0.25) is 0 Å². The van der Waals surface area contributed by atoms with Crippen molar-refractivity contribution in [1.29, 1.82) is 0 Å². The number of carbonyl (C=O) groups excluding carboxylic acids is 1. The molecule has 0 saturated carbocycles. The number of rotatable bonds is 5. The second-order valence-corrected chi connectivity index (χ2v) is 7.44. The zero-order valence-electron chi connectivity index (χ0n) is 13.5. The molecule has 0 radical (unpaired) electrons. The summed E-state index contributed by atoms with van der Waals surface area (Å²) in [7, 11) is -3.61. The highest BCUT2D eigenvalue weighted by Crippen LogP contribution is 2.15. The molecule has 0 atom stereocenters. The van der Waals surface area contributed by atoms with E-state index in [1.807, 2.05) is 0 Å².